The molecule has 1 aliphatic heterocycles. The molecule has 5 rings (SSSR count). The number of ether oxygens (including phenoxy) is 2. The summed E-state index contributed by atoms with van der Waals surface area (Å²) in [6, 6.07) is 6.85. The summed E-state index contributed by atoms with van der Waals surface area (Å²) < 4.78 is 10.8. The molecule has 0 bridgehead atoms. The number of methoxy groups -OCH3 is 2. The van der Waals surface area contributed by atoms with E-state index in [1.807, 2.05) is 39.9 Å². The van der Waals surface area contributed by atoms with Crippen molar-refractivity contribution >= 4 is 45.9 Å². The first kappa shape index (κ1) is 22.7. The van der Waals surface area contributed by atoms with Gasteiger partial charge in [0.25, 0.3) is 0 Å². The second kappa shape index (κ2) is 9.68. The van der Waals surface area contributed by atoms with Crippen LogP contribution in [0, 0.1) is 0 Å². The zero-order valence-electron chi connectivity index (χ0n) is 19.2. The number of nitrogen functional groups attached to an aromatic ring is 1. The van der Waals surface area contributed by atoms with Crippen LogP contribution < -0.4 is 30.7 Å². The number of benzene rings is 1. The van der Waals surface area contributed by atoms with Gasteiger partial charge in [0.15, 0.2) is 28.5 Å². The van der Waals surface area contributed by atoms with E-state index in [9.17, 15) is 4.79 Å². The number of piperazine rings is 1. The third-order valence-electron chi connectivity index (χ3n) is 5.69. The van der Waals surface area contributed by atoms with Crippen LogP contribution in [-0.4, -0.2) is 65.7 Å². The molecule has 1 aliphatic rings. The van der Waals surface area contributed by atoms with Gasteiger partial charge in [-0.05, 0) is 29.6 Å². The number of hydrogen-bond acceptors (Lipinski definition) is 11. The summed E-state index contributed by atoms with van der Waals surface area (Å²) in [6.07, 6.45) is 1.62. The van der Waals surface area contributed by atoms with E-state index >= 15 is 0 Å². The number of nitrogens with two attached hydrogens (primary N) is 1. The predicted molar refractivity (Wildman–Crippen MR) is 135 cm³/mol. The quantitative estimate of drug-likeness (QED) is 0.367. The summed E-state index contributed by atoms with van der Waals surface area (Å²) in [6.45, 7) is 1.66. The van der Waals surface area contributed by atoms with E-state index in [2.05, 4.69) is 25.6 Å². The number of nitrogens with one attached hydrogen (secondary N) is 2. The summed E-state index contributed by atoms with van der Waals surface area (Å²) >= 11 is 1.52. The SMILES string of the molecule is COc1ccc(-c2cnc3nc(N)nc(N4CCNCC4C(=O)Nc4ccsc4)c3n2)cc1OC. The topological polar surface area (TPSA) is 140 Å². The van der Waals surface area contributed by atoms with Crippen LogP contribution in [-0.2, 0) is 4.79 Å². The van der Waals surface area contributed by atoms with Gasteiger partial charge in [-0.1, -0.05) is 0 Å². The average Bonchev–Trinajstić information content (AvgIpc) is 3.40. The van der Waals surface area contributed by atoms with Crippen LogP contribution in [0.5, 0.6) is 11.5 Å². The lowest BCUT2D eigenvalue weighted by molar-refractivity contribution is -0.117. The number of amides is 1. The number of rotatable bonds is 6. The number of nitrogens with zero attached hydrogens (tertiary/aromatic N) is 5. The summed E-state index contributed by atoms with van der Waals surface area (Å²) in [5.74, 6) is 1.57. The molecule has 4 aromatic rings. The van der Waals surface area contributed by atoms with Gasteiger partial charge in [-0.15, -0.1) is 0 Å². The fraction of sp³-hybridized carbons (Fsp3) is 0.261. The van der Waals surface area contributed by atoms with E-state index < -0.39 is 6.04 Å². The van der Waals surface area contributed by atoms with Crippen LogP contribution in [0.1, 0.15) is 0 Å². The Hall–Kier alpha value is -4.03. The van der Waals surface area contributed by atoms with Crippen molar-refractivity contribution < 1.29 is 14.3 Å². The van der Waals surface area contributed by atoms with E-state index in [0.717, 1.165) is 11.3 Å². The van der Waals surface area contributed by atoms with E-state index in [-0.39, 0.29) is 11.9 Å². The van der Waals surface area contributed by atoms with Crippen molar-refractivity contribution in [1.29, 1.82) is 0 Å². The standard InChI is InChI=1S/C23H24N8O3S/c1-33-17-4-3-13(9-18(17)34-2)15-10-26-20-19(28-15)21(30-23(24)29-20)31-7-6-25-11-16(31)22(32)27-14-5-8-35-12-14/h3-5,8-10,12,16,25H,6-7,11H2,1-2H3,(H,27,32)(H2,24,26,29,30). The lowest BCUT2D eigenvalue weighted by Gasteiger charge is -2.36. The Morgan fingerprint density at radius 1 is 1.20 bits per heavy atom. The van der Waals surface area contributed by atoms with Gasteiger partial charge in [0, 0.05) is 30.6 Å². The van der Waals surface area contributed by atoms with Crippen LogP contribution in [0.3, 0.4) is 0 Å². The molecule has 0 spiro atoms. The third kappa shape index (κ3) is 4.53. The fourth-order valence-corrected chi connectivity index (χ4v) is 4.59. The molecule has 0 radical (unpaired) electrons. The van der Waals surface area contributed by atoms with Crippen molar-refractivity contribution in [1.82, 2.24) is 25.3 Å². The van der Waals surface area contributed by atoms with Crippen LogP contribution in [0.25, 0.3) is 22.4 Å². The van der Waals surface area contributed by atoms with E-state index in [1.54, 1.807) is 20.4 Å². The Balaban J connectivity index is 1.56. The van der Waals surface area contributed by atoms with Gasteiger partial charge in [-0.2, -0.15) is 21.3 Å². The number of carbonyl (C=O) groups excluding carboxylic acids is 1. The van der Waals surface area contributed by atoms with Crippen molar-refractivity contribution in [3.05, 3.63) is 41.2 Å². The molecule has 4 N–H and O–H groups in total. The molecule has 1 atom stereocenters. The summed E-state index contributed by atoms with van der Waals surface area (Å²) in [4.78, 5) is 33.2. The van der Waals surface area contributed by atoms with Crippen molar-refractivity contribution in [2.75, 3.05) is 49.8 Å². The Morgan fingerprint density at radius 3 is 2.83 bits per heavy atom. The second-order valence-electron chi connectivity index (χ2n) is 7.82. The largest absolute Gasteiger partial charge is 0.493 e. The maximum Gasteiger partial charge on any atom is 0.248 e. The molecule has 180 valence electrons. The molecular weight excluding hydrogens is 468 g/mol. The first-order chi connectivity index (χ1) is 17.1. The minimum absolute atomic E-state index is 0.0659. The summed E-state index contributed by atoms with van der Waals surface area (Å²) in [5, 5.41) is 10.0. The molecule has 35 heavy (non-hydrogen) atoms. The molecule has 3 aromatic heterocycles. The summed E-state index contributed by atoms with van der Waals surface area (Å²) in [7, 11) is 3.16. The number of anilines is 3. The Bertz CT molecular complexity index is 1360. The number of aromatic nitrogens is 4. The van der Waals surface area contributed by atoms with Crippen molar-refractivity contribution in [2.45, 2.75) is 6.04 Å². The highest BCUT2D eigenvalue weighted by molar-refractivity contribution is 7.08. The molecule has 1 amide bonds. The van der Waals surface area contributed by atoms with Crippen LogP contribution in [0.15, 0.2) is 41.2 Å². The second-order valence-corrected chi connectivity index (χ2v) is 8.60. The highest BCUT2D eigenvalue weighted by atomic mass is 32.1. The van der Waals surface area contributed by atoms with Crippen LogP contribution in [0.2, 0.25) is 0 Å². The van der Waals surface area contributed by atoms with E-state index in [4.69, 9.17) is 20.2 Å². The van der Waals surface area contributed by atoms with Gasteiger partial charge >= 0.3 is 0 Å². The minimum Gasteiger partial charge on any atom is -0.493 e. The first-order valence-electron chi connectivity index (χ1n) is 10.9. The van der Waals surface area contributed by atoms with E-state index in [1.165, 1.54) is 11.3 Å². The number of fused-ring (bicyclic) bond motifs is 1. The summed E-state index contributed by atoms with van der Waals surface area (Å²) in [5.41, 5.74) is 8.97. The molecule has 1 saturated heterocycles. The molecule has 0 aliphatic carbocycles. The lowest BCUT2D eigenvalue weighted by atomic mass is 10.1. The maximum atomic E-state index is 13.2. The molecule has 1 unspecified atom stereocenters. The number of thiophene rings is 1. The molecule has 11 nitrogen and oxygen atoms in total. The predicted octanol–water partition coefficient (Wildman–Crippen LogP) is 2.16. The average molecular weight is 493 g/mol. The van der Waals surface area contributed by atoms with Gasteiger partial charge in [-0.25, -0.2) is 9.97 Å². The van der Waals surface area contributed by atoms with Crippen LogP contribution in [0.4, 0.5) is 17.5 Å². The fourth-order valence-electron chi connectivity index (χ4n) is 4.00. The maximum absolute atomic E-state index is 13.2. The minimum atomic E-state index is -0.521. The Morgan fingerprint density at radius 2 is 2.06 bits per heavy atom. The molecule has 1 aromatic carbocycles. The Kier molecular flexibility index (Phi) is 6.29. The van der Waals surface area contributed by atoms with Gasteiger partial charge in [-0.3, -0.25) is 4.79 Å². The van der Waals surface area contributed by atoms with Gasteiger partial charge in [0.05, 0.1) is 31.8 Å². The highest BCUT2D eigenvalue weighted by Crippen LogP contribution is 2.33. The normalized spacial score (nSPS) is 15.7. The van der Waals surface area contributed by atoms with Crippen molar-refractivity contribution in [3.8, 4) is 22.8 Å². The molecular formula is C23H24N8O3S. The van der Waals surface area contributed by atoms with E-state index in [0.29, 0.717) is 53.8 Å². The van der Waals surface area contributed by atoms with Gasteiger partial charge in [0.1, 0.15) is 6.04 Å². The smallest absolute Gasteiger partial charge is 0.248 e. The van der Waals surface area contributed by atoms with Gasteiger partial charge < -0.3 is 30.7 Å². The van der Waals surface area contributed by atoms with Gasteiger partial charge in [0.2, 0.25) is 11.9 Å². The zero-order valence-corrected chi connectivity index (χ0v) is 20.0. The zero-order chi connectivity index (χ0) is 24.4. The van der Waals surface area contributed by atoms with Crippen molar-refractivity contribution in [2.24, 2.45) is 0 Å². The monoisotopic (exact) mass is 492 g/mol. The van der Waals surface area contributed by atoms with Crippen molar-refractivity contribution in [3.63, 3.8) is 0 Å². The first-order valence-corrected chi connectivity index (χ1v) is 11.8. The lowest BCUT2D eigenvalue weighted by Crippen LogP contribution is -2.57. The molecule has 0 saturated carbocycles. The highest BCUT2D eigenvalue weighted by Gasteiger charge is 2.32. The van der Waals surface area contributed by atoms with Crippen LogP contribution >= 0.6 is 11.3 Å². The Labute approximate surface area is 205 Å². The molecule has 1 fully saturated rings. The number of carbonyl (C=O) groups is 1. The third-order valence-corrected chi connectivity index (χ3v) is 6.38. The molecule has 12 heteroatoms. The number of hydrogen-bond donors (Lipinski definition) is 3. The molecule has 4 heterocycles.